The van der Waals surface area contributed by atoms with Gasteiger partial charge in [-0.15, -0.1) is 11.6 Å². The lowest BCUT2D eigenvalue weighted by atomic mass is 10.2. The molecule has 0 aliphatic rings. The molecule has 2 nitrogen and oxygen atoms in total. The predicted molar refractivity (Wildman–Crippen MR) is 70.5 cm³/mol. The summed E-state index contributed by atoms with van der Waals surface area (Å²) in [6.45, 7) is 0. The van der Waals surface area contributed by atoms with Gasteiger partial charge in [0.25, 0.3) is 0 Å². The number of halogens is 3. The van der Waals surface area contributed by atoms with Crippen LogP contribution in [-0.2, 0) is 5.88 Å². The average Bonchev–Trinajstić information content (AvgIpc) is 2.77. The molecule has 0 radical (unpaired) electrons. The molecule has 0 fully saturated rings. The molecule has 0 aliphatic carbocycles. The SMILES string of the molecule is Fc1ccc2nc(CCl)n(-c3ccccc3F)c2c1. The highest BCUT2D eigenvalue weighted by atomic mass is 35.5. The molecule has 0 atom stereocenters. The number of para-hydroxylation sites is 1. The third kappa shape index (κ3) is 1.98. The number of rotatable bonds is 2. The fraction of sp³-hybridized carbons (Fsp3) is 0.0714. The Bertz CT molecular complexity index is 752. The molecule has 0 aliphatic heterocycles. The first-order chi connectivity index (χ1) is 9.20. The molecule has 5 heteroatoms. The number of nitrogens with zero attached hydrogens (tertiary/aromatic N) is 2. The number of benzene rings is 2. The Morgan fingerprint density at radius 2 is 1.89 bits per heavy atom. The van der Waals surface area contributed by atoms with Gasteiger partial charge < -0.3 is 0 Å². The third-order valence-electron chi connectivity index (χ3n) is 2.90. The van der Waals surface area contributed by atoms with Crippen molar-refractivity contribution < 1.29 is 8.78 Å². The van der Waals surface area contributed by atoms with Gasteiger partial charge in [0.1, 0.15) is 17.5 Å². The van der Waals surface area contributed by atoms with Gasteiger partial charge in [-0.1, -0.05) is 12.1 Å². The van der Waals surface area contributed by atoms with E-state index in [4.69, 9.17) is 11.6 Å². The van der Waals surface area contributed by atoms with Crippen molar-refractivity contribution in [2.45, 2.75) is 5.88 Å². The van der Waals surface area contributed by atoms with Gasteiger partial charge in [-0.05, 0) is 24.3 Å². The molecule has 0 N–H and O–H groups in total. The molecule has 0 unspecified atom stereocenters. The zero-order valence-electron chi connectivity index (χ0n) is 9.78. The standard InChI is InChI=1S/C14H9ClF2N2/c15-8-14-18-11-6-5-9(16)7-13(11)19(14)12-4-2-1-3-10(12)17/h1-7H,8H2. The Morgan fingerprint density at radius 3 is 2.63 bits per heavy atom. The van der Waals surface area contributed by atoms with Gasteiger partial charge in [0.05, 0.1) is 22.6 Å². The summed E-state index contributed by atoms with van der Waals surface area (Å²) in [5, 5.41) is 0. The van der Waals surface area contributed by atoms with Crippen LogP contribution in [0.3, 0.4) is 0 Å². The van der Waals surface area contributed by atoms with Crippen molar-refractivity contribution in [3.05, 3.63) is 59.9 Å². The quantitative estimate of drug-likeness (QED) is 0.647. The van der Waals surface area contributed by atoms with Gasteiger partial charge in [0.2, 0.25) is 0 Å². The molecule has 1 heterocycles. The summed E-state index contributed by atoms with van der Waals surface area (Å²) in [7, 11) is 0. The Hall–Kier alpha value is -1.94. The van der Waals surface area contributed by atoms with Crippen molar-refractivity contribution in [3.8, 4) is 5.69 Å². The Kier molecular flexibility index (Phi) is 2.95. The minimum atomic E-state index is -0.405. The topological polar surface area (TPSA) is 17.8 Å². The first-order valence-electron chi connectivity index (χ1n) is 5.68. The first-order valence-corrected chi connectivity index (χ1v) is 6.22. The van der Waals surface area contributed by atoms with Crippen molar-refractivity contribution in [1.29, 1.82) is 0 Å². The van der Waals surface area contributed by atoms with E-state index in [1.165, 1.54) is 18.2 Å². The predicted octanol–water partition coefficient (Wildman–Crippen LogP) is 4.04. The Balaban J connectivity index is 2.38. The molecular weight excluding hydrogens is 270 g/mol. The number of hydrogen-bond acceptors (Lipinski definition) is 1. The van der Waals surface area contributed by atoms with E-state index in [1.807, 2.05) is 0 Å². The summed E-state index contributed by atoms with van der Waals surface area (Å²) < 4.78 is 28.8. The Labute approximate surface area is 113 Å². The van der Waals surface area contributed by atoms with E-state index in [9.17, 15) is 8.78 Å². The van der Waals surface area contributed by atoms with E-state index in [-0.39, 0.29) is 5.88 Å². The summed E-state index contributed by atoms with van der Waals surface area (Å²) in [5.41, 5.74) is 1.40. The van der Waals surface area contributed by atoms with Crippen molar-refractivity contribution in [2.75, 3.05) is 0 Å². The number of imidazole rings is 1. The van der Waals surface area contributed by atoms with Gasteiger partial charge in [0, 0.05) is 6.07 Å². The van der Waals surface area contributed by atoms with E-state index in [1.54, 1.807) is 28.8 Å². The van der Waals surface area contributed by atoms with Crippen molar-refractivity contribution in [2.24, 2.45) is 0 Å². The zero-order valence-corrected chi connectivity index (χ0v) is 10.5. The zero-order chi connectivity index (χ0) is 13.4. The van der Waals surface area contributed by atoms with Crippen molar-refractivity contribution >= 4 is 22.6 Å². The molecule has 19 heavy (non-hydrogen) atoms. The minimum Gasteiger partial charge on any atom is -0.292 e. The third-order valence-corrected chi connectivity index (χ3v) is 3.14. The normalized spacial score (nSPS) is 11.1. The van der Waals surface area contributed by atoms with Gasteiger partial charge in [-0.3, -0.25) is 4.57 Å². The monoisotopic (exact) mass is 278 g/mol. The summed E-state index contributed by atoms with van der Waals surface area (Å²) in [5.74, 6) is -0.208. The molecule has 0 spiro atoms. The summed E-state index contributed by atoms with van der Waals surface area (Å²) >= 11 is 5.85. The second kappa shape index (κ2) is 4.63. The number of aromatic nitrogens is 2. The van der Waals surface area contributed by atoms with Crippen LogP contribution in [0.2, 0.25) is 0 Å². The van der Waals surface area contributed by atoms with Gasteiger partial charge in [-0.25, -0.2) is 13.8 Å². The maximum absolute atomic E-state index is 13.9. The number of hydrogen-bond donors (Lipinski definition) is 0. The molecule has 1 aromatic heterocycles. The highest BCUT2D eigenvalue weighted by Crippen LogP contribution is 2.25. The molecule has 2 aromatic carbocycles. The lowest BCUT2D eigenvalue weighted by molar-refractivity contribution is 0.616. The Morgan fingerprint density at radius 1 is 1.11 bits per heavy atom. The number of fused-ring (bicyclic) bond motifs is 1. The van der Waals surface area contributed by atoms with Crippen molar-refractivity contribution in [1.82, 2.24) is 9.55 Å². The van der Waals surface area contributed by atoms with Gasteiger partial charge in [0.15, 0.2) is 0 Å². The molecule has 3 aromatic rings. The van der Waals surface area contributed by atoms with Crippen LogP contribution in [0.4, 0.5) is 8.78 Å². The van der Waals surface area contributed by atoms with Crippen LogP contribution in [0.5, 0.6) is 0 Å². The molecule has 3 rings (SSSR count). The van der Waals surface area contributed by atoms with Gasteiger partial charge >= 0.3 is 0 Å². The van der Waals surface area contributed by atoms with Crippen LogP contribution in [0.1, 0.15) is 5.82 Å². The highest BCUT2D eigenvalue weighted by Gasteiger charge is 2.14. The van der Waals surface area contributed by atoms with E-state index < -0.39 is 11.6 Å². The fourth-order valence-corrected chi connectivity index (χ4v) is 2.27. The summed E-state index contributed by atoms with van der Waals surface area (Å²) in [6, 6.07) is 10.5. The van der Waals surface area contributed by atoms with Crippen LogP contribution >= 0.6 is 11.6 Å². The van der Waals surface area contributed by atoms with Crippen molar-refractivity contribution in [3.63, 3.8) is 0 Å². The second-order valence-corrected chi connectivity index (χ2v) is 4.35. The largest absolute Gasteiger partial charge is 0.292 e. The van der Waals surface area contributed by atoms with E-state index in [0.717, 1.165) is 0 Å². The molecule has 96 valence electrons. The molecule has 0 saturated heterocycles. The molecule has 0 saturated carbocycles. The summed E-state index contributed by atoms with van der Waals surface area (Å²) in [6.07, 6.45) is 0. The molecular formula is C14H9ClF2N2. The molecule has 0 bridgehead atoms. The van der Waals surface area contributed by atoms with E-state index in [0.29, 0.717) is 22.5 Å². The summed E-state index contributed by atoms with van der Waals surface area (Å²) in [4.78, 5) is 4.29. The van der Waals surface area contributed by atoms with E-state index >= 15 is 0 Å². The number of alkyl halides is 1. The van der Waals surface area contributed by atoms with Crippen LogP contribution < -0.4 is 0 Å². The van der Waals surface area contributed by atoms with E-state index in [2.05, 4.69) is 4.98 Å². The smallest absolute Gasteiger partial charge is 0.147 e. The maximum atomic E-state index is 13.9. The lowest BCUT2D eigenvalue weighted by Gasteiger charge is -2.08. The maximum Gasteiger partial charge on any atom is 0.147 e. The fourth-order valence-electron chi connectivity index (χ4n) is 2.09. The first kappa shape index (κ1) is 12.1. The van der Waals surface area contributed by atoms with Gasteiger partial charge in [-0.2, -0.15) is 0 Å². The average molecular weight is 279 g/mol. The van der Waals surface area contributed by atoms with Crippen LogP contribution in [0.15, 0.2) is 42.5 Å². The minimum absolute atomic E-state index is 0.116. The van der Waals surface area contributed by atoms with Crippen LogP contribution in [-0.4, -0.2) is 9.55 Å². The second-order valence-electron chi connectivity index (χ2n) is 4.08. The lowest BCUT2D eigenvalue weighted by Crippen LogP contribution is -2.01. The van der Waals surface area contributed by atoms with Crippen LogP contribution in [0, 0.1) is 11.6 Å². The highest BCUT2D eigenvalue weighted by molar-refractivity contribution is 6.17. The molecule has 0 amide bonds. The van der Waals surface area contributed by atoms with Crippen LogP contribution in [0.25, 0.3) is 16.7 Å².